The van der Waals surface area contributed by atoms with Crippen LogP contribution in [0.5, 0.6) is 11.5 Å². The summed E-state index contributed by atoms with van der Waals surface area (Å²) >= 11 is 0. The summed E-state index contributed by atoms with van der Waals surface area (Å²) in [6.07, 6.45) is 4.01. The highest BCUT2D eigenvalue weighted by Gasteiger charge is 2.20. The molecular weight excluding hydrogens is 352 g/mol. The second kappa shape index (κ2) is 10.4. The molecule has 0 aliphatic heterocycles. The fourth-order valence-corrected chi connectivity index (χ4v) is 2.94. The van der Waals surface area contributed by atoms with Gasteiger partial charge < -0.3 is 14.7 Å². The fraction of sp³-hybridized carbons (Fsp3) is 0.391. The maximum Gasteiger partial charge on any atom is 0.335 e. The van der Waals surface area contributed by atoms with E-state index in [0.717, 1.165) is 44.3 Å². The van der Waals surface area contributed by atoms with E-state index in [1.807, 2.05) is 31.2 Å². The van der Waals surface area contributed by atoms with Gasteiger partial charge in [-0.3, -0.25) is 0 Å². The van der Waals surface area contributed by atoms with E-state index in [1.54, 1.807) is 6.07 Å². The highest BCUT2D eigenvalue weighted by molar-refractivity contribution is 5.91. The van der Waals surface area contributed by atoms with Crippen LogP contribution in [0.15, 0.2) is 36.4 Å². The van der Waals surface area contributed by atoms with Crippen molar-refractivity contribution in [2.24, 2.45) is 0 Å². The summed E-state index contributed by atoms with van der Waals surface area (Å²) < 4.78 is 6.11. The van der Waals surface area contributed by atoms with Crippen molar-refractivity contribution in [1.82, 2.24) is 0 Å². The Balaban J connectivity index is 2.56. The van der Waals surface area contributed by atoms with Crippen LogP contribution >= 0.6 is 0 Å². The summed E-state index contributed by atoms with van der Waals surface area (Å²) in [7, 11) is 0. The van der Waals surface area contributed by atoms with Gasteiger partial charge in [-0.2, -0.15) is 5.26 Å². The Morgan fingerprint density at radius 3 is 2.21 bits per heavy atom. The van der Waals surface area contributed by atoms with E-state index in [2.05, 4.69) is 24.8 Å². The SMILES string of the molecule is CCCCN(CCCC)c1cc(C(=O)O)cc(C#N)c1Oc1ccc(C)cc1. The maximum atomic E-state index is 11.6. The van der Waals surface area contributed by atoms with Crippen LogP contribution in [0.25, 0.3) is 0 Å². The van der Waals surface area contributed by atoms with Crippen molar-refractivity contribution in [2.75, 3.05) is 18.0 Å². The number of aryl methyl sites for hydroxylation is 1. The number of carboxylic acid groups (broad SMARTS) is 1. The topological polar surface area (TPSA) is 73.6 Å². The first-order valence-electron chi connectivity index (χ1n) is 9.81. The van der Waals surface area contributed by atoms with E-state index in [-0.39, 0.29) is 11.1 Å². The molecule has 0 aliphatic carbocycles. The molecule has 0 radical (unpaired) electrons. The van der Waals surface area contributed by atoms with Gasteiger partial charge in [0, 0.05) is 13.1 Å². The Morgan fingerprint density at radius 1 is 1.11 bits per heavy atom. The number of ether oxygens (including phenoxy) is 1. The Morgan fingerprint density at radius 2 is 1.71 bits per heavy atom. The third kappa shape index (κ3) is 5.50. The lowest BCUT2D eigenvalue weighted by Gasteiger charge is -2.27. The molecule has 0 heterocycles. The summed E-state index contributed by atoms with van der Waals surface area (Å²) in [4.78, 5) is 13.8. The van der Waals surface area contributed by atoms with Gasteiger partial charge in [0.1, 0.15) is 11.8 Å². The normalized spacial score (nSPS) is 10.4. The average molecular weight is 380 g/mol. The average Bonchev–Trinajstić information content (AvgIpc) is 2.70. The summed E-state index contributed by atoms with van der Waals surface area (Å²) in [5, 5.41) is 19.2. The summed E-state index contributed by atoms with van der Waals surface area (Å²) in [6.45, 7) is 7.81. The molecule has 0 atom stereocenters. The minimum absolute atomic E-state index is 0.0980. The number of benzene rings is 2. The van der Waals surface area contributed by atoms with Gasteiger partial charge in [-0.25, -0.2) is 4.79 Å². The lowest BCUT2D eigenvalue weighted by molar-refractivity contribution is 0.0697. The molecular formula is C23H28N2O3. The maximum absolute atomic E-state index is 11.6. The Labute approximate surface area is 167 Å². The molecule has 148 valence electrons. The van der Waals surface area contributed by atoms with Crippen LogP contribution in [0.4, 0.5) is 5.69 Å². The van der Waals surface area contributed by atoms with Gasteiger partial charge in [0.25, 0.3) is 0 Å². The number of carbonyl (C=O) groups is 1. The quantitative estimate of drug-likeness (QED) is 0.567. The van der Waals surface area contributed by atoms with E-state index in [9.17, 15) is 15.2 Å². The van der Waals surface area contributed by atoms with Crippen LogP contribution in [0.2, 0.25) is 0 Å². The number of nitrogens with zero attached hydrogens (tertiary/aromatic N) is 2. The first kappa shape index (κ1) is 21.3. The van der Waals surface area contributed by atoms with Gasteiger partial charge in [-0.1, -0.05) is 44.4 Å². The highest BCUT2D eigenvalue weighted by Crippen LogP contribution is 2.37. The molecule has 2 aromatic rings. The largest absolute Gasteiger partial charge is 0.478 e. The predicted molar refractivity (Wildman–Crippen MR) is 111 cm³/mol. The zero-order valence-electron chi connectivity index (χ0n) is 16.9. The van der Waals surface area contributed by atoms with Crippen molar-refractivity contribution in [1.29, 1.82) is 5.26 Å². The van der Waals surface area contributed by atoms with E-state index in [0.29, 0.717) is 17.2 Å². The monoisotopic (exact) mass is 380 g/mol. The molecule has 0 bridgehead atoms. The van der Waals surface area contributed by atoms with Gasteiger partial charge >= 0.3 is 5.97 Å². The fourth-order valence-electron chi connectivity index (χ4n) is 2.94. The van der Waals surface area contributed by atoms with Gasteiger partial charge in [-0.05, 0) is 44.0 Å². The van der Waals surface area contributed by atoms with Crippen LogP contribution in [-0.2, 0) is 0 Å². The Hall–Kier alpha value is -3.00. The second-order valence-electron chi connectivity index (χ2n) is 6.90. The van der Waals surface area contributed by atoms with Gasteiger partial charge in [0.15, 0.2) is 5.75 Å². The van der Waals surface area contributed by atoms with Gasteiger partial charge in [-0.15, -0.1) is 0 Å². The molecule has 0 amide bonds. The number of rotatable bonds is 10. The minimum atomic E-state index is -1.05. The predicted octanol–water partition coefficient (Wildman–Crippen LogP) is 5.76. The van der Waals surface area contributed by atoms with Crippen LogP contribution in [-0.4, -0.2) is 24.2 Å². The van der Waals surface area contributed by atoms with Crippen molar-refractivity contribution < 1.29 is 14.6 Å². The zero-order valence-corrected chi connectivity index (χ0v) is 16.9. The molecule has 0 aromatic heterocycles. The lowest BCUT2D eigenvalue weighted by Crippen LogP contribution is -2.26. The molecule has 2 rings (SSSR count). The van der Waals surface area contributed by atoms with Crippen molar-refractivity contribution in [3.8, 4) is 17.6 Å². The summed E-state index contributed by atoms with van der Waals surface area (Å²) in [6, 6.07) is 12.7. The molecule has 0 aliphatic rings. The number of aromatic carboxylic acids is 1. The molecule has 5 nitrogen and oxygen atoms in total. The van der Waals surface area contributed by atoms with Crippen molar-refractivity contribution in [2.45, 2.75) is 46.5 Å². The number of nitriles is 1. The van der Waals surface area contributed by atoms with E-state index < -0.39 is 5.97 Å². The Bertz CT molecular complexity index is 830. The minimum Gasteiger partial charge on any atom is -0.478 e. The molecule has 28 heavy (non-hydrogen) atoms. The lowest BCUT2D eigenvalue weighted by atomic mass is 10.1. The molecule has 1 N–H and O–H groups in total. The third-order valence-electron chi connectivity index (χ3n) is 4.58. The molecule has 0 saturated carbocycles. The number of hydrogen-bond acceptors (Lipinski definition) is 4. The van der Waals surface area contributed by atoms with E-state index in [4.69, 9.17) is 4.74 Å². The van der Waals surface area contributed by atoms with Crippen LogP contribution in [0, 0.1) is 18.3 Å². The second-order valence-corrected chi connectivity index (χ2v) is 6.90. The van der Waals surface area contributed by atoms with Crippen LogP contribution < -0.4 is 9.64 Å². The molecule has 0 saturated heterocycles. The molecule has 0 fully saturated rings. The zero-order chi connectivity index (χ0) is 20.5. The smallest absolute Gasteiger partial charge is 0.335 e. The number of carboxylic acids is 1. The number of unbranched alkanes of at least 4 members (excludes halogenated alkanes) is 2. The molecule has 0 spiro atoms. The molecule has 5 heteroatoms. The number of anilines is 1. The standard InChI is InChI=1S/C23H28N2O3/c1-4-6-12-25(13-7-5-2)21-15-18(23(26)27)14-19(16-24)22(21)28-20-10-8-17(3)9-11-20/h8-11,14-15H,4-7,12-13H2,1-3H3,(H,26,27). The molecule has 2 aromatic carbocycles. The van der Waals surface area contributed by atoms with Crippen molar-refractivity contribution in [3.63, 3.8) is 0 Å². The first-order valence-corrected chi connectivity index (χ1v) is 9.81. The van der Waals surface area contributed by atoms with Crippen molar-refractivity contribution >= 4 is 11.7 Å². The highest BCUT2D eigenvalue weighted by atomic mass is 16.5. The number of hydrogen-bond donors (Lipinski definition) is 1. The first-order chi connectivity index (χ1) is 13.5. The summed E-state index contributed by atoms with van der Waals surface area (Å²) in [5.74, 6) is -0.00788. The van der Waals surface area contributed by atoms with Crippen LogP contribution in [0.1, 0.15) is 61.0 Å². The van der Waals surface area contributed by atoms with Gasteiger partial charge in [0.05, 0.1) is 16.8 Å². The Kier molecular flexibility index (Phi) is 7.88. The summed E-state index contributed by atoms with van der Waals surface area (Å²) in [5.41, 5.74) is 2.11. The third-order valence-corrected chi connectivity index (χ3v) is 4.58. The van der Waals surface area contributed by atoms with E-state index >= 15 is 0 Å². The van der Waals surface area contributed by atoms with E-state index in [1.165, 1.54) is 6.07 Å². The van der Waals surface area contributed by atoms with Gasteiger partial charge in [0.2, 0.25) is 0 Å². The molecule has 0 unspecified atom stereocenters. The van der Waals surface area contributed by atoms with Crippen LogP contribution in [0.3, 0.4) is 0 Å². The van der Waals surface area contributed by atoms with Crippen molar-refractivity contribution in [3.05, 3.63) is 53.1 Å².